The molecule has 162 valence electrons. The monoisotopic (exact) mass is 433 g/mol. The van der Waals surface area contributed by atoms with E-state index in [1.54, 1.807) is 43.3 Å². The molecule has 9 heteroatoms. The number of hydrogen-bond acceptors (Lipinski definition) is 5. The Labute approximate surface area is 177 Å². The third kappa shape index (κ3) is 5.58. The van der Waals surface area contributed by atoms with Gasteiger partial charge in [0, 0.05) is 27.2 Å². The second-order valence-corrected chi connectivity index (χ2v) is 8.89. The van der Waals surface area contributed by atoms with Crippen molar-refractivity contribution in [1.29, 1.82) is 0 Å². The summed E-state index contributed by atoms with van der Waals surface area (Å²) in [5.74, 6) is -0.370. The van der Waals surface area contributed by atoms with Crippen molar-refractivity contribution >= 4 is 21.8 Å². The van der Waals surface area contributed by atoms with E-state index < -0.39 is 15.9 Å². The molecule has 0 heterocycles. The van der Waals surface area contributed by atoms with Gasteiger partial charge in [-0.2, -0.15) is 0 Å². The van der Waals surface area contributed by atoms with Gasteiger partial charge in [0.25, 0.3) is 11.8 Å². The minimum absolute atomic E-state index is 0.0301. The van der Waals surface area contributed by atoms with Gasteiger partial charge in [-0.1, -0.05) is 30.3 Å². The first-order chi connectivity index (χ1) is 14.2. The van der Waals surface area contributed by atoms with Crippen molar-refractivity contribution in [1.82, 2.24) is 14.9 Å². The molecule has 2 N–H and O–H groups in total. The van der Waals surface area contributed by atoms with Crippen molar-refractivity contribution in [3.63, 3.8) is 0 Å². The van der Waals surface area contributed by atoms with Crippen molar-refractivity contribution in [3.8, 4) is 5.75 Å². The Morgan fingerprint density at radius 3 is 2.40 bits per heavy atom. The largest absolute Gasteiger partial charge is 0.483 e. The van der Waals surface area contributed by atoms with Crippen LogP contribution in [0.1, 0.15) is 28.4 Å². The van der Waals surface area contributed by atoms with Gasteiger partial charge in [-0.05, 0) is 37.1 Å². The summed E-state index contributed by atoms with van der Waals surface area (Å²) in [5.41, 5.74) is 1.56. The zero-order chi connectivity index (χ0) is 22.3. The molecule has 0 radical (unpaired) electrons. The lowest BCUT2D eigenvalue weighted by molar-refractivity contribution is -0.123. The molecule has 0 saturated heterocycles. The molecule has 0 aromatic heterocycles. The summed E-state index contributed by atoms with van der Waals surface area (Å²) in [6.07, 6.45) is 0. The highest BCUT2D eigenvalue weighted by atomic mass is 32.2. The lowest BCUT2D eigenvalue weighted by Gasteiger charge is -2.16. The minimum atomic E-state index is -3.63. The minimum Gasteiger partial charge on any atom is -0.483 e. The summed E-state index contributed by atoms with van der Waals surface area (Å²) in [6.45, 7) is 3.80. The van der Waals surface area contributed by atoms with Crippen LogP contribution >= 0.6 is 0 Å². The van der Waals surface area contributed by atoms with Crippen molar-refractivity contribution in [2.45, 2.75) is 25.3 Å². The van der Waals surface area contributed by atoms with Crippen LogP contribution in [-0.2, 0) is 21.4 Å². The van der Waals surface area contributed by atoms with Crippen molar-refractivity contribution in [2.75, 3.05) is 27.2 Å². The van der Waals surface area contributed by atoms with Crippen LogP contribution in [0.25, 0.3) is 0 Å². The number of carbonyl (C=O) groups is 2. The Morgan fingerprint density at radius 1 is 1.03 bits per heavy atom. The Hall–Kier alpha value is -2.91. The summed E-state index contributed by atoms with van der Waals surface area (Å²) in [7, 11) is -0.728. The van der Waals surface area contributed by atoms with Gasteiger partial charge in [-0.3, -0.25) is 9.59 Å². The van der Waals surface area contributed by atoms with E-state index in [2.05, 4.69) is 10.6 Å². The number of amides is 2. The Morgan fingerprint density at radius 2 is 1.73 bits per heavy atom. The van der Waals surface area contributed by atoms with Crippen molar-refractivity contribution < 1.29 is 22.7 Å². The normalized spacial score (nSPS) is 11.2. The van der Waals surface area contributed by atoms with Crippen LogP contribution in [0.5, 0.6) is 5.75 Å². The average molecular weight is 434 g/mol. The van der Waals surface area contributed by atoms with Gasteiger partial charge in [0.1, 0.15) is 5.75 Å². The zero-order valence-corrected chi connectivity index (χ0v) is 18.4. The molecule has 2 rings (SSSR count). The molecule has 2 aromatic carbocycles. The van der Waals surface area contributed by atoms with E-state index in [4.69, 9.17) is 4.74 Å². The number of benzene rings is 2. The molecule has 0 atom stereocenters. The maximum Gasteiger partial charge on any atom is 0.258 e. The van der Waals surface area contributed by atoms with Gasteiger partial charge in [-0.25, -0.2) is 12.7 Å². The van der Waals surface area contributed by atoms with Gasteiger partial charge in [0.2, 0.25) is 10.0 Å². The molecule has 0 aliphatic carbocycles. The standard InChI is InChI=1S/C21H27N3O5S/c1-5-22-21(26)17-11-8-9-15(2)20(17)29-14-19(25)23-13-16-10-6-7-12-18(16)30(27,28)24(3)4/h6-12H,5,13-14H2,1-4H3,(H,22,26)(H,23,25). The van der Waals surface area contributed by atoms with Crippen LogP contribution in [0.3, 0.4) is 0 Å². The zero-order valence-electron chi connectivity index (χ0n) is 17.6. The highest BCUT2D eigenvalue weighted by molar-refractivity contribution is 7.89. The number of ether oxygens (including phenoxy) is 1. The Balaban J connectivity index is 2.07. The molecule has 0 saturated carbocycles. The fourth-order valence-electron chi connectivity index (χ4n) is 2.76. The molecule has 0 fully saturated rings. The molecule has 0 spiro atoms. The number of nitrogens with zero attached hydrogens (tertiary/aromatic N) is 1. The average Bonchev–Trinajstić information content (AvgIpc) is 2.71. The number of hydrogen-bond donors (Lipinski definition) is 2. The fraction of sp³-hybridized carbons (Fsp3) is 0.333. The van der Waals surface area contributed by atoms with Crippen molar-refractivity contribution in [2.24, 2.45) is 0 Å². The summed E-state index contributed by atoms with van der Waals surface area (Å²) >= 11 is 0. The van der Waals surface area contributed by atoms with E-state index in [9.17, 15) is 18.0 Å². The molecule has 0 aliphatic heterocycles. The highest BCUT2D eigenvalue weighted by Crippen LogP contribution is 2.23. The molecular weight excluding hydrogens is 406 g/mol. The van der Waals surface area contributed by atoms with E-state index in [0.29, 0.717) is 23.4 Å². The van der Waals surface area contributed by atoms with Crippen LogP contribution in [0.2, 0.25) is 0 Å². The number of sulfonamides is 1. The molecule has 30 heavy (non-hydrogen) atoms. The number of carbonyl (C=O) groups excluding carboxylic acids is 2. The molecule has 0 aliphatic rings. The second-order valence-electron chi connectivity index (χ2n) is 6.77. The van der Waals surface area contributed by atoms with Gasteiger partial charge in [0.05, 0.1) is 10.5 Å². The lowest BCUT2D eigenvalue weighted by Crippen LogP contribution is -2.31. The Bertz CT molecular complexity index is 1020. The third-order valence-electron chi connectivity index (χ3n) is 4.35. The van der Waals surface area contributed by atoms with Crippen LogP contribution in [-0.4, -0.2) is 51.8 Å². The first-order valence-corrected chi connectivity index (χ1v) is 10.9. The SMILES string of the molecule is CCNC(=O)c1cccc(C)c1OCC(=O)NCc1ccccc1S(=O)(=O)N(C)C. The number of aryl methyl sites for hydroxylation is 1. The third-order valence-corrected chi connectivity index (χ3v) is 6.26. The predicted molar refractivity (Wildman–Crippen MR) is 114 cm³/mol. The van der Waals surface area contributed by atoms with E-state index in [-0.39, 0.29) is 24.0 Å². The van der Waals surface area contributed by atoms with Crippen LogP contribution in [0, 0.1) is 6.92 Å². The quantitative estimate of drug-likeness (QED) is 0.626. The van der Waals surface area contributed by atoms with E-state index in [1.807, 2.05) is 6.92 Å². The number of nitrogens with one attached hydrogen (secondary N) is 2. The summed E-state index contributed by atoms with van der Waals surface area (Å²) in [6, 6.07) is 11.6. The van der Waals surface area contributed by atoms with Gasteiger partial charge >= 0.3 is 0 Å². The molecule has 8 nitrogen and oxygen atoms in total. The first kappa shape index (κ1) is 23.4. The maximum atomic E-state index is 12.5. The molecule has 2 amide bonds. The summed E-state index contributed by atoms with van der Waals surface area (Å²) < 4.78 is 31.6. The summed E-state index contributed by atoms with van der Waals surface area (Å²) in [4.78, 5) is 24.6. The van der Waals surface area contributed by atoms with Gasteiger partial charge in [0.15, 0.2) is 6.61 Å². The predicted octanol–water partition coefficient (Wildman–Crippen LogP) is 1.69. The van der Waals surface area contributed by atoms with Gasteiger partial charge in [-0.15, -0.1) is 0 Å². The van der Waals surface area contributed by atoms with E-state index >= 15 is 0 Å². The van der Waals surface area contributed by atoms with E-state index in [1.165, 1.54) is 20.2 Å². The van der Waals surface area contributed by atoms with Crippen LogP contribution in [0.4, 0.5) is 0 Å². The summed E-state index contributed by atoms with van der Waals surface area (Å²) in [5, 5.41) is 5.38. The van der Waals surface area contributed by atoms with Crippen LogP contribution in [0.15, 0.2) is 47.4 Å². The van der Waals surface area contributed by atoms with Crippen molar-refractivity contribution in [3.05, 3.63) is 59.2 Å². The number of para-hydroxylation sites is 1. The smallest absolute Gasteiger partial charge is 0.258 e. The number of rotatable bonds is 9. The molecule has 2 aromatic rings. The lowest BCUT2D eigenvalue weighted by atomic mass is 10.1. The molecule has 0 bridgehead atoms. The topological polar surface area (TPSA) is 105 Å². The fourth-order valence-corrected chi connectivity index (χ4v) is 3.87. The highest BCUT2D eigenvalue weighted by Gasteiger charge is 2.21. The molecule has 0 unspecified atom stereocenters. The molecular formula is C21H27N3O5S. The second kappa shape index (κ2) is 10.2. The first-order valence-electron chi connectivity index (χ1n) is 9.46. The maximum absolute atomic E-state index is 12.5. The van der Waals surface area contributed by atoms with Crippen LogP contribution < -0.4 is 15.4 Å². The van der Waals surface area contributed by atoms with Gasteiger partial charge < -0.3 is 15.4 Å². The van der Waals surface area contributed by atoms with E-state index in [0.717, 1.165) is 9.87 Å². The Kier molecular flexibility index (Phi) is 7.96.